The van der Waals surface area contributed by atoms with Crippen molar-refractivity contribution in [2.45, 2.75) is 12.8 Å². The maximum absolute atomic E-state index is 11.2. The first-order valence-electron chi connectivity index (χ1n) is 5.09. The summed E-state index contributed by atoms with van der Waals surface area (Å²) in [6.45, 7) is 1.25. The van der Waals surface area contributed by atoms with Crippen molar-refractivity contribution in [2.24, 2.45) is 0 Å². The molecular formula is C10H16N2O4. The number of nitrogens with one attached hydrogen (secondary N) is 2. The van der Waals surface area contributed by atoms with Crippen LogP contribution in [0.4, 0.5) is 4.79 Å². The SMILES string of the molecule is COC(=O)CNC(=O)NC=C1CCOCC1. The number of esters is 1. The van der Waals surface area contributed by atoms with E-state index < -0.39 is 12.0 Å². The van der Waals surface area contributed by atoms with E-state index in [1.807, 2.05) is 0 Å². The van der Waals surface area contributed by atoms with E-state index >= 15 is 0 Å². The first-order valence-corrected chi connectivity index (χ1v) is 5.09. The standard InChI is InChI=1S/C10H16N2O4/c1-15-9(13)7-12-10(14)11-6-8-2-4-16-5-3-8/h6H,2-5,7H2,1H3,(H2,11,12,14). The summed E-state index contributed by atoms with van der Waals surface area (Å²) in [5.41, 5.74) is 1.14. The maximum atomic E-state index is 11.2. The number of methoxy groups -OCH3 is 1. The van der Waals surface area contributed by atoms with Crippen molar-refractivity contribution in [3.63, 3.8) is 0 Å². The molecule has 0 aliphatic carbocycles. The molecule has 0 bridgehead atoms. The predicted octanol–water partition coefficient (Wildman–Crippen LogP) is 0.153. The molecule has 6 heteroatoms. The molecule has 16 heavy (non-hydrogen) atoms. The zero-order valence-electron chi connectivity index (χ0n) is 9.25. The van der Waals surface area contributed by atoms with E-state index in [-0.39, 0.29) is 6.54 Å². The van der Waals surface area contributed by atoms with Gasteiger partial charge in [0.05, 0.1) is 20.3 Å². The lowest BCUT2D eigenvalue weighted by molar-refractivity contribution is -0.139. The fraction of sp³-hybridized carbons (Fsp3) is 0.600. The molecule has 6 nitrogen and oxygen atoms in total. The van der Waals surface area contributed by atoms with Gasteiger partial charge in [-0.05, 0) is 18.4 Å². The van der Waals surface area contributed by atoms with Gasteiger partial charge in [0.15, 0.2) is 0 Å². The number of hydrogen-bond acceptors (Lipinski definition) is 4. The first-order chi connectivity index (χ1) is 7.72. The van der Waals surface area contributed by atoms with E-state index in [2.05, 4.69) is 15.4 Å². The molecule has 0 aromatic heterocycles. The molecule has 1 fully saturated rings. The van der Waals surface area contributed by atoms with Crippen LogP contribution in [0.25, 0.3) is 0 Å². The van der Waals surface area contributed by atoms with Crippen LogP contribution in [0.15, 0.2) is 11.8 Å². The number of carbonyl (C=O) groups is 2. The molecule has 1 aliphatic heterocycles. The van der Waals surface area contributed by atoms with Crippen LogP contribution in [0.5, 0.6) is 0 Å². The summed E-state index contributed by atoms with van der Waals surface area (Å²) in [6.07, 6.45) is 3.32. The minimum atomic E-state index is -0.478. The van der Waals surface area contributed by atoms with E-state index in [0.29, 0.717) is 13.2 Å². The maximum Gasteiger partial charge on any atom is 0.325 e. The van der Waals surface area contributed by atoms with Crippen LogP contribution in [0, 0.1) is 0 Å². The summed E-state index contributed by atoms with van der Waals surface area (Å²) >= 11 is 0. The van der Waals surface area contributed by atoms with Gasteiger partial charge in [-0.25, -0.2) is 4.79 Å². The quantitative estimate of drug-likeness (QED) is 0.674. The molecule has 90 valence electrons. The van der Waals surface area contributed by atoms with Crippen LogP contribution in [0.3, 0.4) is 0 Å². The molecular weight excluding hydrogens is 212 g/mol. The van der Waals surface area contributed by atoms with Crippen LogP contribution in [-0.4, -0.2) is 38.9 Å². The van der Waals surface area contributed by atoms with Gasteiger partial charge in [0.25, 0.3) is 0 Å². The van der Waals surface area contributed by atoms with Crippen LogP contribution in [0.1, 0.15) is 12.8 Å². The molecule has 1 saturated heterocycles. The van der Waals surface area contributed by atoms with Crippen LogP contribution in [0.2, 0.25) is 0 Å². The molecule has 2 N–H and O–H groups in total. The Morgan fingerprint density at radius 1 is 1.44 bits per heavy atom. The summed E-state index contributed by atoms with van der Waals surface area (Å²) in [6, 6.07) is -0.413. The number of hydrogen-bond donors (Lipinski definition) is 2. The number of ether oxygens (including phenoxy) is 2. The van der Waals surface area contributed by atoms with E-state index in [0.717, 1.165) is 18.4 Å². The van der Waals surface area contributed by atoms with Crippen LogP contribution in [-0.2, 0) is 14.3 Å². The highest BCUT2D eigenvalue weighted by atomic mass is 16.5. The van der Waals surface area contributed by atoms with Gasteiger partial charge in [0.2, 0.25) is 0 Å². The van der Waals surface area contributed by atoms with Crippen molar-refractivity contribution in [3.05, 3.63) is 11.8 Å². The van der Waals surface area contributed by atoms with E-state index in [1.165, 1.54) is 7.11 Å². The van der Waals surface area contributed by atoms with Gasteiger partial charge in [-0.1, -0.05) is 0 Å². The summed E-state index contributed by atoms with van der Waals surface area (Å²) in [5.74, 6) is -0.478. The summed E-state index contributed by atoms with van der Waals surface area (Å²) in [5, 5.41) is 4.93. The number of carbonyl (C=O) groups excluding carboxylic acids is 2. The highest BCUT2D eigenvalue weighted by Crippen LogP contribution is 2.11. The predicted molar refractivity (Wildman–Crippen MR) is 56.7 cm³/mol. The van der Waals surface area contributed by atoms with E-state index in [1.54, 1.807) is 6.20 Å². The average molecular weight is 228 g/mol. The lowest BCUT2D eigenvalue weighted by atomic mass is 10.1. The molecule has 0 atom stereocenters. The average Bonchev–Trinajstić information content (AvgIpc) is 2.34. The normalized spacial score (nSPS) is 15.2. The molecule has 1 aliphatic rings. The van der Waals surface area contributed by atoms with Gasteiger partial charge in [-0.2, -0.15) is 0 Å². The Hall–Kier alpha value is -1.56. The van der Waals surface area contributed by atoms with Gasteiger partial charge in [0.1, 0.15) is 6.54 Å². The largest absolute Gasteiger partial charge is 0.468 e. The fourth-order valence-corrected chi connectivity index (χ4v) is 1.22. The Balaban J connectivity index is 2.20. The van der Waals surface area contributed by atoms with Crippen molar-refractivity contribution in [2.75, 3.05) is 26.9 Å². The molecule has 0 aromatic rings. The first kappa shape index (κ1) is 12.5. The molecule has 0 spiro atoms. The molecule has 0 aromatic carbocycles. The third-order valence-electron chi connectivity index (χ3n) is 2.16. The summed E-state index contributed by atoms with van der Waals surface area (Å²) < 4.78 is 9.55. The van der Waals surface area contributed by atoms with E-state index in [4.69, 9.17) is 4.74 Å². The van der Waals surface area contributed by atoms with Crippen molar-refractivity contribution in [1.82, 2.24) is 10.6 Å². The number of rotatable bonds is 3. The fourth-order valence-electron chi connectivity index (χ4n) is 1.22. The van der Waals surface area contributed by atoms with Crippen molar-refractivity contribution >= 4 is 12.0 Å². The van der Waals surface area contributed by atoms with Gasteiger partial charge in [0, 0.05) is 6.20 Å². The Bertz CT molecular complexity index is 281. The monoisotopic (exact) mass is 228 g/mol. The zero-order chi connectivity index (χ0) is 11.8. The Kier molecular flexibility index (Phi) is 5.35. The minimum Gasteiger partial charge on any atom is -0.468 e. The Morgan fingerprint density at radius 2 is 2.12 bits per heavy atom. The zero-order valence-corrected chi connectivity index (χ0v) is 9.25. The third kappa shape index (κ3) is 4.79. The summed E-state index contributed by atoms with van der Waals surface area (Å²) in [7, 11) is 1.27. The molecule has 0 unspecified atom stereocenters. The van der Waals surface area contributed by atoms with Crippen LogP contribution >= 0.6 is 0 Å². The van der Waals surface area contributed by atoms with Gasteiger partial charge in [-0.3, -0.25) is 4.79 Å². The topological polar surface area (TPSA) is 76.7 Å². The van der Waals surface area contributed by atoms with Gasteiger partial charge in [-0.15, -0.1) is 0 Å². The molecule has 1 heterocycles. The highest BCUT2D eigenvalue weighted by Gasteiger charge is 2.06. The molecule has 1 rings (SSSR count). The highest BCUT2D eigenvalue weighted by molar-refractivity contribution is 5.81. The van der Waals surface area contributed by atoms with Crippen molar-refractivity contribution in [3.8, 4) is 0 Å². The Morgan fingerprint density at radius 3 is 2.75 bits per heavy atom. The molecule has 0 radical (unpaired) electrons. The van der Waals surface area contributed by atoms with Gasteiger partial charge < -0.3 is 20.1 Å². The van der Waals surface area contributed by atoms with Crippen molar-refractivity contribution < 1.29 is 19.1 Å². The minimum absolute atomic E-state index is 0.130. The third-order valence-corrected chi connectivity index (χ3v) is 2.16. The molecule has 0 saturated carbocycles. The van der Waals surface area contributed by atoms with Gasteiger partial charge >= 0.3 is 12.0 Å². The lowest BCUT2D eigenvalue weighted by Crippen LogP contribution is -2.36. The second kappa shape index (κ2) is 6.84. The Labute approximate surface area is 94.0 Å². The number of urea groups is 1. The lowest BCUT2D eigenvalue weighted by Gasteiger charge is -2.14. The molecule has 2 amide bonds. The van der Waals surface area contributed by atoms with E-state index in [9.17, 15) is 9.59 Å². The van der Waals surface area contributed by atoms with Crippen LogP contribution < -0.4 is 10.6 Å². The summed E-state index contributed by atoms with van der Waals surface area (Å²) in [4.78, 5) is 21.9. The number of amides is 2. The smallest absolute Gasteiger partial charge is 0.325 e. The second-order valence-corrected chi connectivity index (χ2v) is 3.32. The van der Waals surface area contributed by atoms with Crippen molar-refractivity contribution in [1.29, 1.82) is 0 Å². The second-order valence-electron chi connectivity index (χ2n) is 3.32.